The summed E-state index contributed by atoms with van der Waals surface area (Å²) in [4.78, 5) is 11.1. The number of benzene rings is 1. The topological polar surface area (TPSA) is 99.2 Å². The molecule has 0 fully saturated rings. The van der Waals surface area contributed by atoms with E-state index in [-0.39, 0.29) is 12.1 Å². The average molecular weight is 233 g/mol. The van der Waals surface area contributed by atoms with E-state index < -0.39 is 5.91 Å². The number of hydrogen-bond donors (Lipinski definition) is 4. The molecule has 0 saturated heterocycles. The lowest BCUT2D eigenvalue weighted by atomic mass is 9.98. The Morgan fingerprint density at radius 2 is 2.00 bits per heavy atom. The lowest BCUT2D eigenvalue weighted by Crippen LogP contribution is -2.22. The summed E-state index contributed by atoms with van der Waals surface area (Å²) in [6.45, 7) is 1.62. The van der Waals surface area contributed by atoms with Crippen molar-refractivity contribution in [2.45, 2.75) is 13.3 Å². The molecule has 90 valence electrons. The molecule has 5 nitrogen and oxygen atoms in total. The maximum Gasteiger partial charge on any atom is 0.247 e. The molecule has 0 spiro atoms. The van der Waals surface area contributed by atoms with E-state index >= 15 is 0 Å². The van der Waals surface area contributed by atoms with E-state index in [1.165, 1.54) is 5.48 Å². The van der Waals surface area contributed by atoms with Crippen LogP contribution in [-0.2, 0) is 4.79 Å². The summed E-state index contributed by atoms with van der Waals surface area (Å²) in [5.41, 5.74) is 8.85. The molecule has 0 radical (unpaired) electrons. The lowest BCUT2D eigenvalue weighted by Gasteiger charge is -2.10. The highest BCUT2D eigenvalue weighted by atomic mass is 16.5. The van der Waals surface area contributed by atoms with E-state index in [0.717, 1.165) is 0 Å². The standard InChI is InChI=1S/C12H15N3O2/c1-8(13)10(7-11(16)15-17)12(14)9-5-3-2-4-6-9/h2-6,14,17H,7,13H2,1H3,(H,15,16)/b10-8-,14-12?. The van der Waals surface area contributed by atoms with Gasteiger partial charge in [-0.15, -0.1) is 0 Å². The normalized spacial score (nSPS) is 11.6. The molecule has 1 amide bonds. The van der Waals surface area contributed by atoms with E-state index in [1.807, 2.05) is 6.07 Å². The second kappa shape index (κ2) is 5.81. The number of rotatable bonds is 4. The minimum absolute atomic E-state index is 0.118. The summed E-state index contributed by atoms with van der Waals surface area (Å²) < 4.78 is 0. The quantitative estimate of drug-likeness (QED) is 0.357. The van der Waals surface area contributed by atoms with Gasteiger partial charge in [-0.05, 0) is 12.5 Å². The van der Waals surface area contributed by atoms with E-state index in [2.05, 4.69) is 0 Å². The predicted molar refractivity (Wildman–Crippen MR) is 64.7 cm³/mol. The minimum Gasteiger partial charge on any atom is -0.402 e. The van der Waals surface area contributed by atoms with Crippen molar-refractivity contribution in [3.63, 3.8) is 0 Å². The van der Waals surface area contributed by atoms with Crippen molar-refractivity contribution in [1.29, 1.82) is 5.41 Å². The van der Waals surface area contributed by atoms with Gasteiger partial charge in [0.2, 0.25) is 5.91 Å². The highest BCUT2D eigenvalue weighted by Crippen LogP contribution is 2.13. The molecule has 0 saturated carbocycles. The van der Waals surface area contributed by atoms with Crippen LogP contribution in [0.3, 0.4) is 0 Å². The third-order valence-corrected chi connectivity index (χ3v) is 2.30. The Balaban J connectivity index is 2.99. The molecule has 0 aromatic heterocycles. The Hall–Kier alpha value is -2.14. The molecule has 1 rings (SSSR count). The summed E-state index contributed by atoms with van der Waals surface area (Å²) in [6, 6.07) is 8.99. The third kappa shape index (κ3) is 3.42. The highest BCUT2D eigenvalue weighted by Gasteiger charge is 2.13. The Morgan fingerprint density at radius 1 is 1.41 bits per heavy atom. The van der Waals surface area contributed by atoms with Gasteiger partial charge in [0.15, 0.2) is 0 Å². The van der Waals surface area contributed by atoms with Crippen LogP contribution in [0.5, 0.6) is 0 Å². The summed E-state index contributed by atoms with van der Waals surface area (Å²) >= 11 is 0. The molecule has 0 bridgehead atoms. The highest BCUT2D eigenvalue weighted by molar-refractivity contribution is 6.13. The number of amides is 1. The zero-order chi connectivity index (χ0) is 12.8. The van der Waals surface area contributed by atoms with E-state index in [0.29, 0.717) is 16.8 Å². The van der Waals surface area contributed by atoms with Crippen molar-refractivity contribution in [3.05, 3.63) is 47.2 Å². The molecule has 0 unspecified atom stereocenters. The van der Waals surface area contributed by atoms with Gasteiger partial charge in [0.1, 0.15) is 0 Å². The average Bonchev–Trinajstić information content (AvgIpc) is 2.35. The Kier molecular flexibility index (Phi) is 4.42. The number of nitrogens with two attached hydrogens (primary N) is 1. The lowest BCUT2D eigenvalue weighted by molar-refractivity contribution is -0.128. The van der Waals surface area contributed by atoms with Crippen LogP contribution in [0.25, 0.3) is 0 Å². The zero-order valence-electron chi connectivity index (χ0n) is 9.53. The van der Waals surface area contributed by atoms with Crippen molar-refractivity contribution in [3.8, 4) is 0 Å². The van der Waals surface area contributed by atoms with Crippen LogP contribution in [0.1, 0.15) is 18.9 Å². The first-order chi connectivity index (χ1) is 8.06. The van der Waals surface area contributed by atoms with Gasteiger partial charge in [-0.3, -0.25) is 15.4 Å². The van der Waals surface area contributed by atoms with Gasteiger partial charge in [-0.25, -0.2) is 5.48 Å². The molecule has 1 aromatic rings. The van der Waals surface area contributed by atoms with Crippen molar-refractivity contribution in [2.24, 2.45) is 5.73 Å². The van der Waals surface area contributed by atoms with Crippen molar-refractivity contribution < 1.29 is 10.0 Å². The van der Waals surface area contributed by atoms with Crippen LogP contribution in [0, 0.1) is 5.41 Å². The fraction of sp³-hybridized carbons (Fsp3) is 0.167. The molecular weight excluding hydrogens is 218 g/mol. The van der Waals surface area contributed by atoms with Crippen LogP contribution >= 0.6 is 0 Å². The molecule has 0 aliphatic rings. The van der Waals surface area contributed by atoms with E-state index in [9.17, 15) is 4.79 Å². The molecular formula is C12H15N3O2. The van der Waals surface area contributed by atoms with Gasteiger partial charge in [-0.2, -0.15) is 0 Å². The summed E-state index contributed by atoms with van der Waals surface area (Å²) in [5.74, 6) is -0.592. The largest absolute Gasteiger partial charge is 0.402 e. The first-order valence-electron chi connectivity index (χ1n) is 5.08. The van der Waals surface area contributed by atoms with Gasteiger partial charge in [0, 0.05) is 11.3 Å². The summed E-state index contributed by atoms with van der Waals surface area (Å²) in [7, 11) is 0. The van der Waals surface area contributed by atoms with Gasteiger partial charge in [0.25, 0.3) is 0 Å². The molecule has 5 heteroatoms. The number of carbonyl (C=O) groups excluding carboxylic acids is 1. The van der Waals surface area contributed by atoms with E-state index in [4.69, 9.17) is 16.4 Å². The molecule has 0 aliphatic heterocycles. The number of nitrogens with one attached hydrogen (secondary N) is 2. The minimum atomic E-state index is -0.592. The molecule has 5 N–H and O–H groups in total. The van der Waals surface area contributed by atoms with Gasteiger partial charge < -0.3 is 5.73 Å². The number of hydroxylamine groups is 1. The molecule has 0 heterocycles. The monoisotopic (exact) mass is 233 g/mol. The van der Waals surface area contributed by atoms with Gasteiger partial charge in [0.05, 0.1) is 12.1 Å². The van der Waals surface area contributed by atoms with Crippen LogP contribution in [0.15, 0.2) is 41.6 Å². The number of hydrogen-bond acceptors (Lipinski definition) is 4. The predicted octanol–water partition coefficient (Wildman–Crippen LogP) is 1.18. The maximum absolute atomic E-state index is 11.1. The van der Waals surface area contributed by atoms with Crippen LogP contribution in [0.4, 0.5) is 0 Å². The van der Waals surface area contributed by atoms with Crippen molar-refractivity contribution >= 4 is 11.6 Å². The second-order valence-corrected chi connectivity index (χ2v) is 3.61. The third-order valence-electron chi connectivity index (χ3n) is 2.30. The summed E-state index contributed by atoms with van der Waals surface area (Å²) in [6.07, 6.45) is -0.118. The first-order valence-corrected chi connectivity index (χ1v) is 5.08. The van der Waals surface area contributed by atoms with Crippen LogP contribution in [-0.4, -0.2) is 16.8 Å². The smallest absolute Gasteiger partial charge is 0.247 e. The van der Waals surface area contributed by atoms with Crippen LogP contribution in [0.2, 0.25) is 0 Å². The summed E-state index contributed by atoms with van der Waals surface area (Å²) in [5, 5.41) is 16.5. The number of carbonyl (C=O) groups is 1. The SMILES string of the molecule is C/C(N)=C(\CC(=O)NO)C(=N)c1ccccc1. The molecule has 0 aliphatic carbocycles. The molecule has 0 atom stereocenters. The fourth-order valence-electron chi connectivity index (χ4n) is 1.40. The molecule has 17 heavy (non-hydrogen) atoms. The van der Waals surface area contributed by atoms with Crippen molar-refractivity contribution in [2.75, 3.05) is 0 Å². The molecule has 1 aromatic carbocycles. The number of allylic oxidation sites excluding steroid dienone is 1. The van der Waals surface area contributed by atoms with E-state index in [1.54, 1.807) is 31.2 Å². The zero-order valence-corrected chi connectivity index (χ0v) is 9.53. The van der Waals surface area contributed by atoms with Gasteiger partial charge in [-0.1, -0.05) is 30.3 Å². The fourth-order valence-corrected chi connectivity index (χ4v) is 1.40. The Morgan fingerprint density at radius 3 is 2.47 bits per heavy atom. The van der Waals surface area contributed by atoms with Crippen LogP contribution < -0.4 is 11.2 Å². The van der Waals surface area contributed by atoms with Gasteiger partial charge >= 0.3 is 0 Å². The maximum atomic E-state index is 11.1. The Bertz CT molecular complexity index is 448. The van der Waals surface area contributed by atoms with Crippen molar-refractivity contribution in [1.82, 2.24) is 5.48 Å². The second-order valence-electron chi connectivity index (χ2n) is 3.61. The first kappa shape index (κ1) is 12.9. The Labute approximate surface area is 99.4 Å².